The van der Waals surface area contributed by atoms with Gasteiger partial charge in [-0.05, 0) is 42.0 Å². The van der Waals surface area contributed by atoms with Crippen molar-refractivity contribution in [2.24, 2.45) is 0 Å². The molecule has 0 aliphatic heterocycles. The second-order valence-corrected chi connectivity index (χ2v) is 6.15. The van der Waals surface area contributed by atoms with Crippen molar-refractivity contribution in [2.45, 2.75) is 38.3 Å². The van der Waals surface area contributed by atoms with Crippen LogP contribution in [0.2, 0.25) is 0 Å². The number of hydrogen-bond donors (Lipinski definition) is 2. The Bertz CT molecular complexity index is 591. The average molecular weight is 301 g/mol. The average Bonchev–Trinajstić information content (AvgIpc) is 3.19. The molecule has 2 N–H and O–H groups in total. The zero-order valence-electron chi connectivity index (χ0n) is 11.8. The molecule has 1 saturated carbocycles. The molecule has 0 unspecified atom stereocenters. The van der Waals surface area contributed by atoms with Gasteiger partial charge >= 0.3 is 6.03 Å². The molecule has 0 spiro atoms. The number of nitrogens with one attached hydrogen (secondary N) is 2. The van der Waals surface area contributed by atoms with E-state index in [1.54, 1.807) is 17.5 Å². The molecule has 2 amide bonds. The highest BCUT2D eigenvalue weighted by Gasteiger charge is 2.16. The van der Waals surface area contributed by atoms with Crippen LogP contribution < -0.4 is 10.6 Å². The summed E-state index contributed by atoms with van der Waals surface area (Å²) in [6, 6.07) is 6.29. The highest BCUT2D eigenvalue weighted by molar-refractivity contribution is 7.08. The summed E-state index contributed by atoms with van der Waals surface area (Å²) in [4.78, 5) is 16.2. The second kappa shape index (κ2) is 6.72. The number of carbonyl (C=O) groups excluding carboxylic acids is 1. The first-order valence-electron chi connectivity index (χ1n) is 7.33. The van der Waals surface area contributed by atoms with E-state index in [1.165, 1.54) is 12.8 Å². The normalized spacial score (nSPS) is 15.0. The Kier molecular flexibility index (Phi) is 4.50. The van der Waals surface area contributed by atoms with Crippen molar-refractivity contribution < 1.29 is 4.79 Å². The summed E-state index contributed by atoms with van der Waals surface area (Å²) in [6.45, 7) is 0.526. The standard InChI is InChI=1S/C16H19N3OS/c20-16(19-14-3-1-2-4-14)18-10-12-5-7-17-15(9-12)13-6-8-21-11-13/h5-9,11,14H,1-4,10H2,(H2,18,19,20). The first-order valence-corrected chi connectivity index (χ1v) is 8.27. The third kappa shape index (κ3) is 3.82. The van der Waals surface area contributed by atoms with Gasteiger partial charge in [0.2, 0.25) is 0 Å². The largest absolute Gasteiger partial charge is 0.335 e. The van der Waals surface area contributed by atoms with E-state index in [0.29, 0.717) is 12.6 Å². The monoisotopic (exact) mass is 301 g/mol. The molecule has 5 heteroatoms. The zero-order valence-corrected chi connectivity index (χ0v) is 12.7. The Hall–Kier alpha value is -1.88. The molecular weight excluding hydrogens is 282 g/mol. The van der Waals surface area contributed by atoms with E-state index in [-0.39, 0.29) is 6.03 Å². The molecule has 4 nitrogen and oxygen atoms in total. The van der Waals surface area contributed by atoms with Crippen molar-refractivity contribution in [3.05, 3.63) is 40.7 Å². The SMILES string of the molecule is O=C(NCc1ccnc(-c2ccsc2)c1)NC1CCCC1. The van der Waals surface area contributed by atoms with Crippen LogP contribution in [-0.4, -0.2) is 17.1 Å². The molecule has 1 fully saturated rings. The molecule has 21 heavy (non-hydrogen) atoms. The van der Waals surface area contributed by atoms with Gasteiger partial charge in [-0.25, -0.2) is 4.79 Å². The predicted molar refractivity (Wildman–Crippen MR) is 85.2 cm³/mol. The summed E-state index contributed by atoms with van der Waals surface area (Å²) in [5.41, 5.74) is 3.14. The lowest BCUT2D eigenvalue weighted by atomic mass is 10.1. The fraction of sp³-hybridized carbons (Fsp3) is 0.375. The van der Waals surface area contributed by atoms with E-state index in [0.717, 1.165) is 29.7 Å². The fourth-order valence-corrected chi connectivity index (χ4v) is 3.29. The maximum Gasteiger partial charge on any atom is 0.315 e. The van der Waals surface area contributed by atoms with Crippen molar-refractivity contribution in [3.63, 3.8) is 0 Å². The number of thiophene rings is 1. The maximum atomic E-state index is 11.8. The number of urea groups is 1. The zero-order chi connectivity index (χ0) is 14.5. The summed E-state index contributed by atoms with van der Waals surface area (Å²) < 4.78 is 0. The first-order chi connectivity index (χ1) is 10.3. The van der Waals surface area contributed by atoms with Gasteiger partial charge in [0.25, 0.3) is 0 Å². The van der Waals surface area contributed by atoms with Gasteiger partial charge < -0.3 is 10.6 Å². The van der Waals surface area contributed by atoms with Gasteiger partial charge in [0, 0.05) is 29.7 Å². The number of carbonyl (C=O) groups is 1. The van der Waals surface area contributed by atoms with Gasteiger partial charge in [-0.1, -0.05) is 12.8 Å². The Labute approximate surface area is 128 Å². The summed E-state index contributed by atoms with van der Waals surface area (Å²) in [5, 5.41) is 10.1. The van der Waals surface area contributed by atoms with Crippen molar-refractivity contribution >= 4 is 17.4 Å². The van der Waals surface area contributed by atoms with Crippen molar-refractivity contribution in [2.75, 3.05) is 0 Å². The molecule has 3 rings (SSSR count). The number of amides is 2. The van der Waals surface area contributed by atoms with E-state index in [2.05, 4.69) is 27.1 Å². The van der Waals surface area contributed by atoms with Gasteiger partial charge in [0.1, 0.15) is 0 Å². The molecule has 0 bridgehead atoms. The molecule has 1 aliphatic rings. The number of pyridine rings is 1. The summed E-state index contributed by atoms with van der Waals surface area (Å²) >= 11 is 1.66. The first kappa shape index (κ1) is 14.1. The summed E-state index contributed by atoms with van der Waals surface area (Å²) in [7, 11) is 0. The minimum Gasteiger partial charge on any atom is -0.335 e. The van der Waals surface area contributed by atoms with Crippen LogP contribution in [0.3, 0.4) is 0 Å². The molecule has 0 radical (unpaired) electrons. The lowest BCUT2D eigenvalue weighted by Crippen LogP contribution is -2.40. The van der Waals surface area contributed by atoms with E-state index in [4.69, 9.17) is 0 Å². The van der Waals surface area contributed by atoms with E-state index < -0.39 is 0 Å². The molecule has 0 saturated heterocycles. The third-order valence-corrected chi connectivity index (χ3v) is 4.47. The number of nitrogens with zero attached hydrogens (tertiary/aromatic N) is 1. The van der Waals surface area contributed by atoms with Crippen LogP contribution in [0.25, 0.3) is 11.3 Å². The summed E-state index contributed by atoms with van der Waals surface area (Å²) in [5.74, 6) is 0. The number of hydrogen-bond acceptors (Lipinski definition) is 3. The topological polar surface area (TPSA) is 54.0 Å². The molecule has 110 valence electrons. The molecular formula is C16H19N3OS. The smallest absolute Gasteiger partial charge is 0.315 e. The quantitative estimate of drug-likeness (QED) is 0.907. The molecule has 2 heterocycles. The van der Waals surface area contributed by atoms with E-state index in [9.17, 15) is 4.79 Å². The lowest BCUT2D eigenvalue weighted by molar-refractivity contribution is 0.236. The van der Waals surface area contributed by atoms with Crippen molar-refractivity contribution in [1.82, 2.24) is 15.6 Å². The Balaban J connectivity index is 1.55. The van der Waals surface area contributed by atoms with Crippen LogP contribution in [0.5, 0.6) is 0 Å². The Morgan fingerprint density at radius 1 is 1.33 bits per heavy atom. The van der Waals surface area contributed by atoms with Gasteiger partial charge in [-0.15, -0.1) is 0 Å². The highest BCUT2D eigenvalue weighted by atomic mass is 32.1. The molecule has 2 aromatic rings. The van der Waals surface area contributed by atoms with Gasteiger partial charge in [0.15, 0.2) is 0 Å². The molecule has 1 aliphatic carbocycles. The highest BCUT2D eigenvalue weighted by Crippen LogP contribution is 2.20. The van der Waals surface area contributed by atoms with Crippen molar-refractivity contribution in [3.8, 4) is 11.3 Å². The van der Waals surface area contributed by atoms with Crippen LogP contribution >= 0.6 is 11.3 Å². The van der Waals surface area contributed by atoms with Crippen LogP contribution in [0, 0.1) is 0 Å². The third-order valence-electron chi connectivity index (χ3n) is 3.78. The second-order valence-electron chi connectivity index (χ2n) is 5.37. The lowest BCUT2D eigenvalue weighted by Gasteiger charge is -2.13. The maximum absolute atomic E-state index is 11.8. The molecule has 0 atom stereocenters. The Morgan fingerprint density at radius 3 is 2.95 bits per heavy atom. The minimum atomic E-state index is -0.0733. The van der Waals surface area contributed by atoms with Crippen LogP contribution in [0.1, 0.15) is 31.2 Å². The van der Waals surface area contributed by atoms with Gasteiger partial charge in [-0.3, -0.25) is 4.98 Å². The predicted octanol–water partition coefficient (Wildman–Crippen LogP) is 3.55. The summed E-state index contributed by atoms with van der Waals surface area (Å²) in [6.07, 6.45) is 6.44. The number of aromatic nitrogens is 1. The molecule has 2 aromatic heterocycles. The number of rotatable bonds is 4. The van der Waals surface area contributed by atoms with Crippen LogP contribution in [0.15, 0.2) is 35.2 Å². The van der Waals surface area contributed by atoms with E-state index in [1.807, 2.05) is 17.5 Å². The van der Waals surface area contributed by atoms with Gasteiger partial charge in [-0.2, -0.15) is 11.3 Å². The Morgan fingerprint density at radius 2 is 2.19 bits per heavy atom. The fourth-order valence-electron chi connectivity index (χ4n) is 2.64. The minimum absolute atomic E-state index is 0.0733. The van der Waals surface area contributed by atoms with E-state index >= 15 is 0 Å². The van der Waals surface area contributed by atoms with Crippen LogP contribution in [0.4, 0.5) is 4.79 Å². The van der Waals surface area contributed by atoms with Crippen molar-refractivity contribution in [1.29, 1.82) is 0 Å². The molecule has 0 aromatic carbocycles. The van der Waals surface area contributed by atoms with Gasteiger partial charge in [0.05, 0.1) is 5.69 Å². The van der Waals surface area contributed by atoms with Crippen LogP contribution in [-0.2, 0) is 6.54 Å².